The van der Waals surface area contributed by atoms with Gasteiger partial charge in [0, 0.05) is 36.9 Å². The van der Waals surface area contributed by atoms with E-state index < -0.39 is 0 Å². The summed E-state index contributed by atoms with van der Waals surface area (Å²) in [5.74, 6) is 0.162. The van der Waals surface area contributed by atoms with E-state index in [9.17, 15) is 4.79 Å². The Morgan fingerprint density at radius 2 is 2.00 bits per heavy atom. The lowest BCUT2D eigenvalue weighted by Crippen LogP contribution is -1.92. The van der Waals surface area contributed by atoms with Gasteiger partial charge in [-0.2, -0.15) is 0 Å². The lowest BCUT2D eigenvalue weighted by atomic mass is 10.1. The molecular formula is C15H16N2O. The minimum atomic E-state index is 0.162. The fourth-order valence-corrected chi connectivity index (χ4v) is 2.56. The Labute approximate surface area is 106 Å². The molecule has 1 unspecified atom stereocenters. The quantitative estimate of drug-likeness (QED) is 0.704. The van der Waals surface area contributed by atoms with Crippen molar-refractivity contribution in [1.82, 2.24) is 9.13 Å². The lowest BCUT2D eigenvalue weighted by Gasteiger charge is -1.95. The molecular weight excluding hydrogens is 224 g/mol. The van der Waals surface area contributed by atoms with Crippen molar-refractivity contribution in [3.05, 3.63) is 54.1 Å². The van der Waals surface area contributed by atoms with Crippen LogP contribution in [0.25, 0.3) is 6.08 Å². The summed E-state index contributed by atoms with van der Waals surface area (Å²) < 4.78 is 4.35. The van der Waals surface area contributed by atoms with Crippen molar-refractivity contribution >= 4 is 12.4 Å². The number of hydrogen-bond donors (Lipinski definition) is 0. The number of fused-ring (bicyclic) bond motifs is 2. The average Bonchev–Trinajstić information content (AvgIpc) is 3.10. The first-order valence-corrected chi connectivity index (χ1v) is 6.30. The van der Waals surface area contributed by atoms with E-state index >= 15 is 0 Å². The number of aryl methyl sites for hydroxylation is 1. The maximum Gasteiger partial charge on any atom is 0.129 e. The van der Waals surface area contributed by atoms with E-state index in [0.29, 0.717) is 0 Å². The molecule has 2 aliphatic rings. The fraction of sp³-hybridized carbons (Fsp3) is 0.267. The molecule has 0 radical (unpaired) electrons. The summed E-state index contributed by atoms with van der Waals surface area (Å²) in [6.45, 7) is 2.06. The maximum absolute atomic E-state index is 10.5. The van der Waals surface area contributed by atoms with Crippen molar-refractivity contribution in [3.63, 3.8) is 0 Å². The summed E-state index contributed by atoms with van der Waals surface area (Å²) in [4.78, 5) is 10.5. The highest BCUT2D eigenvalue weighted by Gasteiger charge is 2.20. The van der Waals surface area contributed by atoms with Crippen LogP contribution in [0.5, 0.6) is 0 Å². The average molecular weight is 240 g/mol. The normalized spacial score (nSPS) is 19.0. The monoisotopic (exact) mass is 240 g/mol. The number of carbonyl (C=O) groups excluding carboxylic acids is 1. The molecule has 0 bridgehead atoms. The third-order valence-electron chi connectivity index (χ3n) is 3.55. The van der Waals surface area contributed by atoms with Crippen LogP contribution in [0.2, 0.25) is 0 Å². The Hall–Kier alpha value is -2.03. The third kappa shape index (κ3) is 1.92. The molecule has 2 aliphatic heterocycles. The first kappa shape index (κ1) is 11.1. The topological polar surface area (TPSA) is 26.9 Å². The van der Waals surface area contributed by atoms with Crippen molar-refractivity contribution in [1.29, 1.82) is 0 Å². The Morgan fingerprint density at radius 3 is 2.83 bits per heavy atom. The first-order valence-electron chi connectivity index (χ1n) is 6.30. The molecule has 0 amide bonds. The molecule has 0 spiro atoms. The molecule has 0 aromatic carbocycles. The van der Waals surface area contributed by atoms with Crippen LogP contribution in [0.4, 0.5) is 0 Å². The van der Waals surface area contributed by atoms with Gasteiger partial charge in [-0.15, -0.1) is 0 Å². The van der Waals surface area contributed by atoms with E-state index in [2.05, 4.69) is 39.6 Å². The smallest absolute Gasteiger partial charge is 0.129 e. The highest BCUT2D eigenvalue weighted by atomic mass is 16.1. The minimum Gasteiger partial charge on any atom is -0.351 e. The Balaban J connectivity index is 0.000000114. The number of rotatable bonds is 1. The maximum atomic E-state index is 10.5. The molecule has 1 atom stereocenters. The van der Waals surface area contributed by atoms with Crippen LogP contribution in [-0.2, 0) is 17.9 Å². The molecule has 2 aromatic rings. The number of aromatic nitrogens is 2. The van der Waals surface area contributed by atoms with Crippen LogP contribution in [0.3, 0.4) is 0 Å². The van der Waals surface area contributed by atoms with Gasteiger partial charge >= 0.3 is 0 Å². The molecule has 0 aliphatic carbocycles. The molecule has 0 saturated carbocycles. The summed E-state index contributed by atoms with van der Waals surface area (Å²) in [5.41, 5.74) is 2.50. The van der Waals surface area contributed by atoms with Crippen molar-refractivity contribution in [2.24, 2.45) is 0 Å². The molecule has 18 heavy (non-hydrogen) atoms. The van der Waals surface area contributed by atoms with Crippen LogP contribution < -0.4 is 0 Å². The minimum absolute atomic E-state index is 0.162. The van der Waals surface area contributed by atoms with Crippen molar-refractivity contribution < 1.29 is 4.79 Å². The second-order valence-electron chi connectivity index (χ2n) is 4.65. The van der Waals surface area contributed by atoms with Crippen LogP contribution in [0.15, 0.2) is 42.7 Å². The number of allylic oxidation sites excluding steroid dienone is 1. The summed E-state index contributed by atoms with van der Waals surface area (Å²) in [6, 6.07) is 8.19. The van der Waals surface area contributed by atoms with Crippen molar-refractivity contribution in [3.8, 4) is 0 Å². The summed E-state index contributed by atoms with van der Waals surface area (Å²) in [7, 11) is 0. The van der Waals surface area contributed by atoms with E-state index in [4.69, 9.17) is 0 Å². The number of carbonyl (C=O) groups is 1. The zero-order valence-corrected chi connectivity index (χ0v) is 10.2. The number of nitrogens with zero attached hydrogens (tertiary/aromatic N) is 2. The first-order chi connectivity index (χ1) is 8.88. The zero-order valence-electron chi connectivity index (χ0n) is 10.2. The van der Waals surface area contributed by atoms with Crippen molar-refractivity contribution in [2.45, 2.75) is 25.4 Å². The van der Waals surface area contributed by atoms with Crippen LogP contribution in [0.1, 0.15) is 23.7 Å². The van der Waals surface area contributed by atoms with Gasteiger partial charge in [-0.05, 0) is 36.8 Å². The number of aldehydes is 1. The van der Waals surface area contributed by atoms with E-state index in [1.165, 1.54) is 11.4 Å². The van der Waals surface area contributed by atoms with Gasteiger partial charge in [-0.3, -0.25) is 0 Å². The van der Waals surface area contributed by atoms with Crippen LogP contribution >= 0.6 is 0 Å². The summed E-state index contributed by atoms with van der Waals surface area (Å²) >= 11 is 0. The molecule has 3 nitrogen and oxygen atoms in total. The Kier molecular flexibility index (Phi) is 2.89. The summed E-state index contributed by atoms with van der Waals surface area (Å²) in [6.07, 6.45) is 10.4. The molecule has 4 heterocycles. The second kappa shape index (κ2) is 4.69. The standard InChI is InChI=1S/C8H9NO.C7H7N/c10-6-7-3-5-9-4-1-2-8(7)9;1-3-7-4-2-6-8(7)5-1/h1-2,4,6-7H,3,5H2;1-5H,6H2. The predicted molar refractivity (Wildman–Crippen MR) is 71.3 cm³/mol. The predicted octanol–water partition coefficient (Wildman–Crippen LogP) is 2.69. The zero-order chi connectivity index (χ0) is 12.4. The second-order valence-corrected chi connectivity index (χ2v) is 4.65. The van der Waals surface area contributed by atoms with E-state index in [1.54, 1.807) is 0 Å². The summed E-state index contributed by atoms with van der Waals surface area (Å²) in [5, 5.41) is 0. The lowest BCUT2D eigenvalue weighted by molar-refractivity contribution is -0.109. The Morgan fingerprint density at radius 1 is 1.17 bits per heavy atom. The van der Waals surface area contributed by atoms with Gasteiger partial charge in [0.2, 0.25) is 0 Å². The Bertz CT molecular complexity index is 577. The van der Waals surface area contributed by atoms with Gasteiger partial charge < -0.3 is 13.9 Å². The fourth-order valence-electron chi connectivity index (χ4n) is 2.56. The molecule has 92 valence electrons. The highest BCUT2D eigenvalue weighted by Crippen LogP contribution is 2.25. The van der Waals surface area contributed by atoms with E-state index in [0.717, 1.165) is 25.8 Å². The van der Waals surface area contributed by atoms with E-state index in [-0.39, 0.29) is 5.92 Å². The van der Waals surface area contributed by atoms with Gasteiger partial charge in [0.05, 0.1) is 5.92 Å². The number of hydrogen-bond acceptors (Lipinski definition) is 1. The molecule has 0 N–H and O–H groups in total. The van der Waals surface area contributed by atoms with E-state index in [1.807, 2.05) is 18.3 Å². The van der Waals surface area contributed by atoms with Gasteiger partial charge in [0.25, 0.3) is 0 Å². The molecule has 0 saturated heterocycles. The highest BCUT2D eigenvalue weighted by molar-refractivity contribution is 5.61. The van der Waals surface area contributed by atoms with Crippen molar-refractivity contribution in [2.75, 3.05) is 0 Å². The third-order valence-corrected chi connectivity index (χ3v) is 3.55. The molecule has 0 fully saturated rings. The SMILES string of the molecule is C1=Cc2cccn2C1.O=CC1CCn2cccc21. The molecule has 4 rings (SSSR count). The van der Waals surface area contributed by atoms with Crippen LogP contribution in [0, 0.1) is 0 Å². The molecule has 3 heteroatoms. The van der Waals surface area contributed by atoms with Gasteiger partial charge in [0.1, 0.15) is 6.29 Å². The van der Waals surface area contributed by atoms with Gasteiger partial charge in [-0.1, -0.05) is 6.08 Å². The largest absolute Gasteiger partial charge is 0.351 e. The van der Waals surface area contributed by atoms with Gasteiger partial charge in [-0.25, -0.2) is 0 Å². The van der Waals surface area contributed by atoms with Gasteiger partial charge in [0.15, 0.2) is 0 Å². The van der Waals surface area contributed by atoms with Crippen LogP contribution in [-0.4, -0.2) is 15.4 Å². The molecule has 2 aromatic heterocycles.